The van der Waals surface area contributed by atoms with Crippen LogP contribution in [0.15, 0.2) is 21.9 Å². The van der Waals surface area contributed by atoms with Crippen LogP contribution in [-0.2, 0) is 11.8 Å². The quantitative estimate of drug-likeness (QED) is 0.807. The van der Waals surface area contributed by atoms with Gasteiger partial charge in [-0.25, -0.2) is 4.79 Å². The smallest absolute Gasteiger partial charge is 0.321 e. The number of aryl methyl sites for hydroxylation is 1. The average molecular weight is 365 g/mol. The molecule has 0 saturated carbocycles. The first-order valence-corrected chi connectivity index (χ1v) is 8.70. The van der Waals surface area contributed by atoms with Crippen molar-refractivity contribution in [1.29, 1.82) is 0 Å². The Bertz CT molecular complexity index is 775. The van der Waals surface area contributed by atoms with Crippen molar-refractivity contribution >= 4 is 23.7 Å². The van der Waals surface area contributed by atoms with E-state index in [1.807, 2.05) is 40.8 Å². The highest BCUT2D eigenvalue weighted by atomic mass is 32.2. The third-order valence-electron chi connectivity index (χ3n) is 3.31. The summed E-state index contributed by atoms with van der Waals surface area (Å²) in [6, 6.07) is 1.30. The van der Waals surface area contributed by atoms with E-state index >= 15 is 0 Å². The van der Waals surface area contributed by atoms with Gasteiger partial charge in [-0.15, -0.1) is 10.2 Å². The summed E-state index contributed by atoms with van der Waals surface area (Å²) in [7, 11) is 1.82. The van der Waals surface area contributed by atoms with Crippen molar-refractivity contribution in [2.45, 2.75) is 50.6 Å². The number of amides is 3. The second-order valence-electron chi connectivity index (χ2n) is 6.71. The van der Waals surface area contributed by atoms with E-state index in [4.69, 9.17) is 4.42 Å². The molecule has 0 radical (unpaired) electrons. The molecule has 0 spiro atoms. The Balaban J connectivity index is 2.02. The molecule has 0 fully saturated rings. The maximum atomic E-state index is 12.2. The summed E-state index contributed by atoms with van der Waals surface area (Å²) in [5, 5.41) is 13.4. The molecule has 1 atom stereocenters. The maximum absolute atomic E-state index is 12.2. The molecule has 0 saturated heterocycles. The number of urea groups is 1. The number of thioether (sulfide) groups is 1. The van der Waals surface area contributed by atoms with Gasteiger partial charge in [0, 0.05) is 12.6 Å². The van der Waals surface area contributed by atoms with Crippen LogP contribution < -0.4 is 10.6 Å². The lowest BCUT2D eigenvalue weighted by molar-refractivity contribution is -0.119. The lowest BCUT2D eigenvalue weighted by Gasteiger charge is -2.21. The summed E-state index contributed by atoms with van der Waals surface area (Å²) in [4.78, 5) is 24.0. The molecule has 0 aromatic carbocycles. The first-order chi connectivity index (χ1) is 11.6. The zero-order valence-corrected chi connectivity index (χ0v) is 16.0. The standard InChI is InChI=1S/C16H23N5O3S/c1-9-11(7-8-24-9)12-19-20-15(21(12)6)25-10(2)13(22)17-14(23)18-16(3,4)5/h7-8,10H,1-6H3,(H2,17,18,22,23). The SMILES string of the molecule is Cc1occc1-c1nnc(SC(C)C(=O)NC(=O)NC(C)(C)C)n1C. The van der Waals surface area contributed by atoms with Gasteiger partial charge in [-0.05, 0) is 40.7 Å². The van der Waals surface area contributed by atoms with Gasteiger partial charge in [-0.1, -0.05) is 11.8 Å². The largest absolute Gasteiger partial charge is 0.469 e. The van der Waals surface area contributed by atoms with Crippen LogP contribution in [0.3, 0.4) is 0 Å². The Kier molecular flexibility index (Phi) is 5.56. The first kappa shape index (κ1) is 19.0. The third kappa shape index (κ3) is 4.85. The topological polar surface area (TPSA) is 102 Å². The van der Waals surface area contributed by atoms with Crippen LogP contribution in [0.2, 0.25) is 0 Å². The molecule has 1 unspecified atom stereocenters. The van der Waals surface area contributed by atoms with Crippen LogP contribution in [0, 0.1) is 6.92 Å². The molecule has 0 aliphatic rings. The Morgan fingerprint density at radius 2 is 2.00 bits per heavy atom. The molecule has 2 aromatic heterocycles. The highest BCUT2D eigenvalue weighted by Crippen LogP contribution is 2.27. The van der Waals surface area contributed by atoms with E-state index in [0.717, 1.165) is 11.3 Å². The van der Waals surface area contributed by atoms with Crippen molar-refractivity contribution in [2.75, 3.05) is 0 Å². The third-order valence-corrected chi connectivity index (χ3v) is 4.45. The number of furan rings is 1. The molecule has 136 valence electrons. The molecule has 3 amide bonds. The van der Waals surface area contributed by atoms with Crippen LogP contribution in [0.4, 0.5) is 4.79 Å². The molecular formula is C16H23N5O3S. The maximum Gasteiger partial charge on any atom is 0.321 e. The highest BCUT2D eigenvalue weighted by Gasteiger charge is 2.23. The lowest BCUT2D eigenvalue weighted by Crippen LogP contribution is -2.49. The van der Waals surface area contributed by atoms with Crippen LogP contribution >= 0.6 is 11.8 Å². The molecule has 2 rings (SSSR count). The van der Waals surface area contributed by atoms with Gasteiger partial charge in [0.15, 0.2) is 11.0 Å². The minimum Gasteiger partial charge on any atom is -0.469 e. The molecular weight excluding hydrogens is 342 g/mol. The number of imide groups is 1. The minimum absolute atomic E-state index is 0.393. The highest BCUT2D eigenvalue weighted by molar-refractivity contribution is 8.00. The normalized spacial score (nSPS) is 12.7. The van der Waals surface area contributed by atoms with E-state index < -0.39 is 22.7 Å². The molecule has 0 aliphatic carbocycles. The Morgan fingerprint density at radius 3 is 2.56 bits per heavy atom. The fourth-order valence-electron chi connectivity index (χ4n) is 2.07. The second kappa shape index (κ2) is 7.30. The lowest BCUT2D eigenvalue weighted by atomic mass is 10.1. The summed E-state index contributed by atoms with van der Waals surface area (Å²) >= 11 is 1.23. The summed E-state index contributed by atoms with van der Waals surface area (Å²) in [6.07, 6.45) is 1.59. The van der Waals surface area contributed by atoms with Crippen molar-refractivity contribution in [1.82, 2.24) is 25.4 Å². The van der Waals surface area contributed by atoms with E-state index in [9.17, 15) is 9.59 Å². The number of carbonyl (C=O) groups is 2. The number of carbonyl (C=O) groups excluding carboxylic acids is 2. The Morgan fingerprint density at radius 1 is 1.32 bits per heavy atom. The fraction of sp³-hybridized carbons (Fsp3) is 0.500. The van der Waals surface area contributed by atoms with Gasteiger partial charge >= 0.3 is 6.03 Å². The zero-order chi connectivity index (χ0) is 18.8. The van der Waals surface area contributed by atoms with Crippen LogP contribution in [0.1, 0.15) is 33.5 Å². The molecule has 0 bridgehead atoms. The number of hydrogen-bond acceptors (Lipinski definition) is 6. The Labute approximate surface area is 150 Å². The average Bonchev–Trinajstić information content (AvgIpc) is 3.03. The minimum atomic E-state index is -0.516. The number of hydrogen-bond donors (Lipinski definition) is 2. The molecule has 2 heterocycles. The molecule has 0 aliphatic heterocycles. The van der Waals surface area contributed by atoms with Gasteiger partial charge < -0.3 is 14.3 Å². The van der Waals surface area contributed by atoms with Crippen LogP contribution in [0.25, 0.3) is 11.4 Å². The van der Waals surface area contributed by atoms with Crippen molar-refractivity contribution in [3.8, 4) is 11.4 Å². The monoisotopic (exact) mass is 365 g/mol. The van der Waals surface area contributed by atoms with E-state index in [0.29, 0.717) is 11.0 Å². The zero-order valence-electron chi connectivity index (χ0n) is 15.2. The van der Waals surface area contributed by atoms with Crippen molar-refractivity contribution in [3.05, 3.63) is 18.1 Å². The Hall–Kier alpha value is -2.29. The first-order valence-electron chi connectivity index (χ1n) is 7.82. The predicted octanol–water partition coefficient (Wildman–Crippen LogP) is 2.49. The molecule has 8 nitrogen and oxygen atoms in total. The molecule has 25 heavy (non-hydrogen) atoms. The number of nitrogens with zero attached hydrogens (tertiary/aromatic N) is 3. The van der Waals surface area contributed by atoms with Gasteiger partial charge in [0.1, 0.15) is 5.76 Å². The van der Waals surface area contributed by atoms with Gasteiger partial charge in [0.25, 0.3) is 0 Å². The number of rotatable bonds is 4. The van der Waals surface area contributed by atoms with E-state index in [2.05, 4.69) is 20.8 Å². The van der Waals surface area contributed by atoms with Crippen molar-refractivity contribution < 1.29 is 14.0 Å². The van der Waals surface area contributed by atoms with Gasteiger partial charge in [0.05, 0.1) is 17.1 Å². The summed E-state index contributed by atoms with van der Waals surface area (Å²) < 4.78 is 7.08. The van der Waals surface area contributed by atoms with Crippen LogP contribution in [-0.4, -0.2) is 37.5 Å². The summed E-state index contributed by atoms with van der Waals surface area (Å²) in [5.74, 6) is 1.01. The van der Waals surface area contributed by atoms with Crippen molar-refractivity contribution in [2.24, 2.45) is 7.05 Å². The fourth-order valence-corrected chi connectivity index (χ4v) is 2.88. The predicted molar refractivity (Wildman–Crippen MR) is 95.2 cm³/mol. The van der Waals surface area contributed by atoms with Gasteiger partial charge in [-0.3, -0.25) is 10.1 Å². The van der Waals surface area contributed by atoms with Gasteiger partial charge in [0.2, 0.25) is 5.91 Å². The van der Waals surface area contributed by atoms with E-state index in [1.165, 1.54) is 11.8 Å². The number of nitrogens with one attached hydrogen (secondary N) is 2. The van der Waals surface area contributed by atoms with Gasteiger partial charge in [-0.2, -0.15) is 0 Å². The molecule has 9 heteroatoms. The summed E-state index contributed by atoms with van der Waals surface area (Å²) in [6.45, 7) is 9.08. The van der Waals surface area contributed by atoms with E-state index in [1.54, 1.807) is 17.8 Å². The van der Waals surface area contributed by atoms with E-state index in [-0.39, 0.29) is 0 Å². The van der Waals surface area contributed by atoms with Crippen molar-refractivity contribution in [3.63, 3.8) is 0 Å². The number of aromatic nitrogens is 3. The molecule has 2 N–H and O–H groups in total. The second-order valence-corrected chi connectivity index (χ2v) is 8.02. The summed E-state index contributed by atoms with van der Waals surface area (Å²) in [5.41, 5.74) is 0.435. The molecule has 2 aromatic rings. The van der Waals surface area contributed by atoms with Crippen LogP contribution in [0.5, 0.6) is 0 Å².